The quantitative estimate of drug-likeness (QED) is 0.583. The van der Waals surface area contributed by atoms with E-state index in [1.165, 1.54) is 18.2 Å². The lowest BCUT2D eigenvalue weighted by atomic mass is 9.98. The summed E-state index contributed by atoms with van der Waals surface area (Å²) in [5.74, 6) is -0.551. The van der Waals surface area contributed by atoms with Crippen molar-refractivity contribution in [2.24, 2.45) is 0 Å². The van der Waals surface area contributed by atoms with Gasteiger partial charge in [0.15, 0.2) is 24.1 Å². The van der Waals surface area contributed by atoms with E-state index in [2.05, 4.69) is 0 Å². The number of aliphatic hydroxyl groups excluding tert-OH is 2. The fraction of sp³-hybridized carbons (Fsp3) is 0.625. The normalized spacial score (nSPS) is 36.5. The number of ether oxygens (including phenoxy) is 4. The Hall–Kier alpha value is -1.42. The van der Waals surface area contributed by atoms with Gasteiger partial charge in [-0.3, -0.25) is 0 Å². The van der Waals surface area contributed by atoms with Gasteiger partial charge in [-0.05, 0) is 26.0 Å². The zero-order valence-corrected chi connectivity index (χ0v) is 13.4. The van der Waals surface area contributed by atoms with Gasteiger partial charge in [0, 0.05) is 5.56 Å². The molecule has 2 fully saturated rings. The van der Waals surface area contributed by atoms with E-state index in [0.717, 1.165) is 0 Å². The van der Waals surface area contributed by atoms with Crippen LogP contribution in [0.3, 0.4) is 0 Å². The standard InChI is InChI=1S/C16H22O8/c1-7(2)22-16-13(20)12(19)14-11(23-16)6-21-15(24-14)8-3-4-9(17)10(18)5-8/h3-5,7,11-20H,6H2,1-2H3/t11-,12-,13-,14-,15?,16+/m1/s1. The lowest BCUT2D eigenvalue weighted by molar-refractivity contribution is -0.365. The molecule has 8 heteroatoms. The third-order valence-electron chi connectivity index (χ3n) is 4.01. The zero-order chi connectivity index (χ0) is 17.4. The summed E-state index contributed by atoms with van der Waals surface area (Å²) >= 11 is 0. The summed E-state index contributed by atoms with van der Waals surface area (Å²) in [5.41, 5.74) is 0.478. The van der Waals surface area contributed by atoms with E-state index >= 15 is 0 Å². The van der Waals surface area contributed by atoms with Crippen molar-refractivity contribution in [3.8, 4) is 11.5 Å². The number of benzene rings is 1. The molecule has 0 aromatic heterocycles. The summed E-state index contributed by atoms with van der Waals surface area (Å²) in [6.45, 7) is 3.73. The predicted molar refractivity (Wildman–Crippen MR) is 80.2 cm³/mol. The van der Waals surface area contributed by atoms with Crippen LogP contribution < -0.4 is 0 Å². The van der Waals surface area contributed by atoms with Gasteiger partial charge >= 0.3 is 0 Å². The second-order valence-electron chi connectivity index (χ2n) is 6.22. The Morgan fingerprint density at radius 1 is 1.08 bits per heavy atom. The highest BCUT2D eigenvalue weighted by Crippen LogP contribution is 2.36. The molecule has 2 heterocycles. The highest BCUT2D eigenvalue weighted by molar-refractivity contribution is 5.41. The van der Waals surface area contributed by atoms with Crippen LogP contribution in [-0.4, -0.2) is 63.8 Å². The van der Waals surface area contributed by atoms with Gasteiger partial charge in [-0.1, -0.05) is 6.07 Å². The summed E-state index contributed by atoms with van der Waals surface area (Å²) < 4.78 is 22.4. The summed E-state index contributed by atoms with van der Waals surface area (Å²) in [7, 11) is 0. The molecular formula is C16H22O8. The average molecular weight is 342 g/mol. The van der Waals surface area contributed by atoms with Crippen LogP contribution in [-0.2, 0) is 18.9 Å². The summed E-state index contributed by atoms with van der Waals surface area (Å²) in [6, 6.07) is 4.17. The summed E-state index contributed by atoms with van der Waals surface area (Å²) in [5, 5.41) is 39.5. The molecule has 0 spiro atoms. The minimum absolute atomic E-state index is 0.124. The molecule has 1 aromatic rings. The first-order valence-corrected chi connectivity index (χ1v) is 7.83. The van der Waals surface area contributed by atoms with Crippen molar-refractivity contribution < 1.29 is 39.4 Å². The number of hydrogen-bond donors (Lipinski definition) is 4. The number of phenols is 2. The monoisotopic (exact) mass is 342 g/mol. The first-order valence-electron chi connectivity index (χ1n) is 7.83. The SMILES string of the molecule is CC(C)O[C@H]1O[C@@H]2COC(c3ccc(O)c(O)c3)O[C@H]2[C@H](O)[C@H]1O. The van der Waals surface area contributed by atoms with Crippen LogP contribution in [0, 0.1) is 0 Å². The number of phenolic OH excluding ortho intramolecular Hbond substituents is 2. The van der Waals surface area contributed by atoms with E-state index in [0.29, 0.717) is 5.56 Å². The van der Waals surface area contributed by atoms with Gasteiger partial charge in [0.05, 0.1) is 12.7 Å². The lowest BCUT2D eigenvalue weighted by Crippen LogP contribution is -2.62. The van der Waals surface area contributed by atoms with Crippen LogP contribution in [0.25, 0.3) is 0 Å². The van der Waals surface area contributed by atoms with Crippen LogP contribution in [0.1, 0.15) is 25.7 Å². The largest absolute Gasteiger partial charge is 0.504 e. The smallest absolute Gasteiger partial charge is 0.186 e. The Labute approximate surface area is 139 Å². The minimum atomic E-state index is -1.25. The van der Waals surface area contributed by atoms with Crippen LogP contribution in [0.2, 0.25) is 0 Å². The second kappa shape index (κ2) is 6.83. The number of rotatable bonds is 3. The molecule has 0 amide bonds. The van der Waals surface area contributed by atoms with Crippen molar-refractivity contribution in [3.63, 3.8) is 0 Å². The molecule has 0 bridgehead atoms. The molecule has 6 atom stereocenters. The molecule has 2 aliphatic heterocycles. The molecular weight excluding hydrogens is 320 g/mol. The lowest BCUT2D eigenvalue weighted by Gasteiger charge is -2.46. The Bertz CT molecular complexity index is 575. The van der Waals surface area contributed by atoms with E-state index in [9.17, 15) is 20.4 Å². The van der Waals surface area contributed by atoms with Crippen LogP contribution in [0.15, 0.2) is 18.2 Å². The van der Waals surface area contributed by atoms with E-state index in [1.54, 1.807) is 13.8 Å². The van der Waals surface area contributed by atoms with E-state index in [4.69, 9.17) is 18.9 Å². The first-order chi connectivity index (χ1) is 11.4. The maximum absolute atomic E-state index is 10.3. The van der Waals surface area contributed by atoms with Gasteiger partial charge in [0.1, 0.15) is 24.4 Å². The average Bonchev–Trinajstić information content (AvgIpc) is 2.54. The second-order valence-corrected chi connectivity index (χ2v) is 6.22. The van der Waals surface area contributed by atoms with E-state index in [-0.39, 0.29) is 24.2 Å². The maximum Gasteiger partial charge on any atom is 0.186 e. The van der Waals surface area contributed by atoms with Crippen LogP contribution >= 0.6 is 0 Å². The highest BCUT2D eigenvalue weighted by atomic mass is 16.8. The van der Waals surface area contributed by atoms with Crippen molar-refractivity contribution in [3.05, 3.63) is 23.8 Å². The third-order valence-corrected chi connectivity index (χ3v) is 4.01. The molecule has 1 aromatic carbocycles. The molecule has 1 unspecified atom stereocenters. The maximum atomic E-state index is 10.3. The van der Waals surface area contributed by atoms with Gasteiger partial charge in [-0.15, -0.1) is 0 Å². The Balaban J connectivity index is 1.72. The number of aromatic hydroxyl groups is 2. The van der Waals surface area contributed by atoms with E-state index < -0.39 is 37.0 Å². The van der Waals surface area contributed by atoms with Crippen molar-refractivity contribution in [2.75, 3.05) is 6.61 Å². The first kappa shape index (κ1) is 17.4. The molecule has 0 aliphatic carbocycles. The Morgan fingerprint density at radius 2 is 1.83 bits per heavy atom. The van der Waals surface area contributed by atoms with Crippen LogP contribution in [0.5, 0.6) is 11.5 Å². The molecule has 0 radical (unpaired) electrons. The fourth-order valence-corrected chi connectivity index (χ4v) is 2.81. The predicted octanol–water partition coefficient (Wildman–Crippen LogP) is 0.383. The van der Waals surface area contributed by atoms with Gasteiger partial charge in [0.2, 0.25) is 0 Å². The van der Waals surface area contributed by atoms with Gasteiger partial charge in [0.25, 0.3) is 0 Å². The molecule has 4 N–H and O–H groups in total. The topological polar surface area (TPSA) is 118 Å². The van der Waals surface area contributed by atoms with Crippen molar-refractivity contribution in [2.45, 2.75) is 56.9 Å². The van der Waals surface area contributed by atoms with Gasteiger partial charge in [-0.25, -0.2) is 0 Å². The van der Waals surface area contributed by atoms with E-state index in [1.807, 2.05) is 0 Å². The fourth-order valence-electron chi connectivity index (χ4n) is 2.81. The molecule has 134 valence electrons. The van der Waals surface area contributed by atoms with Crippen molar-refractivity contribution in [1.29, 1.82) is 0 Å². The number of hydrogen-bond acceptors (Lipinski definition) is 8. The van der Waals surface area contributed by atoms with Gasteiger partial charge in [-0.2, -0.15) is 0 Å². The minimum Gasteiger partial charge on any atom is -0.504 e. The molecule has 2 aliphatic rings. The summed E-state index contributed by atoms with van der Waals surface area (Å²) in [4.78, 5) is 0. The molecule has 2 saturated heterocycles. The summed E-state index contributed by atoms with van der Waals surface area (Å²) in [6.07, 6.45) is -5.83. The molecule has 3 rings (SSSR count). The molecule has 8 nitrogen and oxygen atoms in total. The molecule has 0 saturated carbocycles. The third kappa shape index (κ3) is 3.34. The van der Waals surface area contributed by atoms with Crippen molar-refractivity contribution >= 4 is 0 Å². The zero-order valence-electron chi connectivity index (χ0n) is 13.4. The Kier molecular flexibility index (Phi) is 4.95. The highest BCUT2D eigenvalue weighted by Gasteiger charge is 2.49. The Morgan fingerprint density at radius 3 is 2.50 bits per heavy atom. The van der Waals surface area contributed by atoms with Crippen LogP contribution in [0.4, 0.5) is 0 Å². The van der Waals surface area contributed by atoms with Crippen molar-refractivity contribution in [1.82, 2.24) is 0 Å². The number of aliphatic hydroxyl groups is 2. The molecule has 24 heavy (non-hydrogen) atoms. The number of fused-ring (bicyclic) bond motifs is 1. The van der Waals surface area contributed by atoms with Gasteiger partial charge < -0.3 is 39.4 Å².